The second kappa shape index (κ2) is 8.31. The van der Waals surface area contributed by atoms with Crippen LogP contribution in [0.25, 0.3) is 0 Å². The minimum atomic E-state index is -0.446. The van der Waals surface area contributed by atoms with Crippen molar-refractivity contribution in [3.63, 3.8) is 0 Å². The van der Waals surface area contributed by atoms with Crippen molar-refractivity contribution in [3.8, 4) is 5.75 Å². The molecule has 0 aliphatic carbocycles. The molecule has 2 heterocycles. The number of aromatic nitrogens is 2. The number of likely N-dealkylation sites (tertiary alicyclic amines) is 1. The highest BCUT2D eigenvalue weighted by atomic mass is 19.1. The van der Waals surface area contributed by atoms with Crippen molar-refractivity contribution in [2.45, 2.75) is 25.3 Å². The molecule has 0 N–H and O–H groups in total. The molecule has 1 aromatic heterocycles. The average Bonchev–Trinajstić information content (AvgIpc) is 3.14. The quantitative estimate of drug-likeness (QED) is 0.794. The molecule has 1 atom stereocenters. The lowest BCUT2D eigenvalue weighted by atomic mass is 9.96. The van der Waals surface area contributed by atoms with Crippen molar-refractivity contribution < 1.29 is 18.7 Å². The smallest absolute Gasteiger partial charge is 0.257 e. The highest BCUT2D eigenvalue weighted by Gasteiger charge is 2.29. The summed E-state index contributed by atoms with van der Waals surface area (Å²) in [5.41, 5.74) is 0.260. The van der Waals surface area contributed by atoms with Crippen LogP contribution in [0, 0.1) is 5.82 Å². The van der Waals surface area contributed by atoms with E-state index in [0.29, 0.717) is 25.4 Å². The van der Waals surface area contributed by atoms with E-state index < -0.39 is 5.82 Å². The van der Waals surface area contributed by atoms with Crippen molar-refractivity contribution in [2.75, 3.05) is 33.9 Å². The molecule has 1 saturated heterocycles. The molecule has 26 heavy (non-hydrogen) atoms. The van der Waals surface area contributed by atoms with Gasteiger partial charge in [-0.25, -0.2) is 9.37 Å². The van der Waals surface area contributed by atoms with Gasteiger partial charge in [0.25, 0.3) is 5.91 Å². The Morgan fingerprint density at radius 2 is 2.23 bits per heavy atom. The van der Waals surface area contributed by atoms with Crippen LogP contribution in [0.15, 0.2) is 30.6 Å². The van der Waals surface area contributed by atoms with E-state index in [1.807, 2.05) is 6.20 Å². The molecule has 2 aromatic rings. The summed E-state index contributed by atoms with van der Waals surface area (Å²) in [6.07, 6.45) is 5.56. The van der Waals surface area contributed by atoms with Gasteiger partial charge in [0.15, 0.2) is 0 Å². The summed E-state index contributed by atoms with van der Waals surface area (Å²) in [4.78, 5) is 19.2. The SMILES string of the molecule is COCCn1ccnc1[C@H]1CCCN(C(=O)c2cc(F)ccc2OC)C1. The second-order valence-electron chi connectivity index (χ2n) is 6.41. The van der Waals surface area contributed by atoms with Gasteiger partial charge in [0.1, 0.15) is 17.4 Å². The molecule has 6 nitrogen and oxygen atoms in total. The summed E-state index contributed by atoms with van der Waals surface area (Å²) in [6, 6.07) is 4.02. The first-order valence-electron chi connectivity index (χ1n) is 8.76. The number of piperidine rings is 1. The predicted molar refractivity (Wildman–Crippen MR) is 94.9 cm³/mol. The first-order valence-corrected chi connectivity index (χ1v) is 8.76. The number of nitrogens with zero attached hydrogens (tertiary/aromatic N) is 3. The van der Waals surface area contributed by atoms with Crippen LogP contribution in [-0.2, 0) is 11.3 Å². The number of benzene rings is 1. The molecule has 3 rings (SSSR count). The van der Waals surface area contributed by atoms with Gasteiger partial charge >= 0.3 is 0 Å². The average molecular weight is 361 g/mol. The molecule has 0 unspecified atom stereocenters. The standard InChI is InChI=1S/C19H24FN3O3/c1-25-11-10-22-9-7-21-18(22)14-4-3-8-23(13-14)19(24)16-12-15(20)5-6-17(16)26-2/h5-7,9,12,14H,3-4,8,10-11,13H2,1-2H3/t14-/m0/s1. The molecule has 140 valence electrons. The fraction of sp³-hybridized carbons (Fsp3) is 0.474. The normalized spacial score (nSPS) is 17.3. The number of halogens is 1. The number of imidazole rings is 1. The van der Waals surface area contributed by atoms with Crippen LogP contribution in [0.4, 0.5) is 4.39 Å². The van der Waals surface area contributed by atoms with Gasteiger partial charge in [-0.1, -0.05) is 0 Å². The molecule has 1 aromatic carbocycles. The molecule has 0 saturated carbocycles. The highest BCUT2D eigenvalue weighted by molar-refractivity contribution is 5.97. The number of carbonyl (C=O) groups excluding carboxylic acids is 1. The van der Waals surface area contributed by atoms with Crippen LogP contribution >= 0.6 is 0 Å². The maximum absolute atomic E-state index is 13.6. The van der Waals surface area contributed by atoms with Crippen LogP contribution in [-0.4, -0.2) is 54.3 Å². The van der Waals surface area contributed by atoms with Gasteiger partial charge in [0.2, 0.25) is 0 Å². The summed E-state index contributed by atoms with van der Waals surface area (Å²) in [5.74, 6) is 0.851. The Kier molecular flexibility index (Phi) is 5.88. The fourth-order valence-corrected chi connectivity index (χ4v) is 3.45. The molecule has 1 amide bonds. The molecular formula is C19H24FN3O3. The van der Waals surface area contributed by atoms with E-state index in [-0.39, 0.29) is 17.4 Å². The summed E-state index contributed by atoms with van der Waals surface area (Å²) in [6.45, 7) is 2.55. The van der Waals surface area contributed by atoms with E-state index in [4.69, 9.17) is 9.47 Å². The summed E-state index contributed by atoms with van der Waals surface area (Å²) in [5, 5.41) is 0. The number of rotatable bonds is 6. The third-order valence-electron chi connectivity index (χ3n) is 4.75. The number of methoxy groups -OCH3 is 2. The number of amides is 1. The maximum atomic E-state index is 13.6. The lowest BCUT2D eigenvalue weighted by Gasteiger charge is -2.33. The molecule has 0 bridgehead atoms. The number of ether oxygens (including phenoxy) is 2. The number of hydrogen-bond acceptors (Lipinski definition) is 4. The van der Waals surface area contributed by atoms with Crippen molar-refractivity contribution in [1.82, 2.24) is 14.5 Å². The van der Waals surface area contributed by atoms with Crippen LogP contribution in [0.3, 0.4) is 0 Å². The maximum Gasteiger partial charge on any atom is 0.257 e. The van der Waals surface area contributed by atoms with E-state index >= 15 is 0 Å². The third-order valence-corrected chi connectivity index (χ3v) is 4.75. The highest BCUT2D eigenvalue weighted by Crippen LogP contribution is 2.29. The minimum Gasteiger partial charge on any atom is -0.496 e. The van der Waals surface area contributed by atoms with Gasteiger partial charge in [-0.2, -0.15) is 0 Å². The first kappa shape index (κ1) is 18.4. The molecule has 1 aliphatic heterocycles. The van der Waals surface area contributed by atoms with Crippen LogP contribution in [0.2, 0.25) is 0 Å². The van der Waals surface area contributed by atoms with Crippen LogP contribution in [0.1, 0.15) is 34.9 Å². The van der Waals surface area contributed by atoms with Crippen LogP contribution < -0.4 is 4.74 Å². The zero-order valence-electron chi connectivity index (χ0n) is 15.2. The first-order chi connectivity index (χ1) is 12.6. The van der Waals surface area contributed by atoms with Gasteiger partial charge < -0.3 is 18.9 Å². The molecule has 0 spiro atoms. The van der Waals surface area contributed by atoms with Gasteiger partial charge in [-0.05, 0) is 31.0 Å². The zero-order chi connectivity index (χ0) is 18.5. The molecule has 7 heteroatoms. The van der Waals surface area contributed by atoms with Crippen molar-refractivity contribution in [1.29, 1.82) is 0 Å². The lowest BCUT2D eigenvalue weighted by Crippen LogP contribution is -2.40. The summed E-state index contributed by atoms with van der Waals surface area (Å²) < 4.78 is 26.1. The second-order valence-corrected chi connectivity index (χ2v) is 6.41. The number of carbonyl (C=O) groups is 1. The monoisotopic (exact) mass is 361 g/mol. The van der Waals surface area contributed by atoms with E-state index in [0.717, 1.165) is 25.2 Å². The molecule has 1 fully saturated rings. The van der Waals surface area contributed by atoms with Crippen molar-refractivity contribution in [2.24, 2.45) is 0 Å². The number of hydrogen-bond donors (Lipinski definition) is 0. The Morgan fingerprint density at radius 1 is 1.38 bits per heavy atom. The minimum absolute atomic E-state index is 0.152. The lowest BCUT2D eigenvalue weighted by molar-refractivity contribution is 0.0698. The van der Waals surface area contributed by atoms with E-state index in [9.17, 15) is 9.18 Å². The predicted octanol–water partition coefficient (Wildman–Crippen LogP) is 2.70. The van der Waals surface area contributed by atoms with Gasteiger partial charge in [0, 0.05) is 45.1 Å². The summed E-state index contributed by atoms with van der Waals surface area (Å²) >= 11 is 0. The largest absolute Gasteiger partial charge is 0.496 e. The third kappa shape index (κ3) is 3.88. The van der Waals surface area contributed by atoms with Gasteiger partial charge in [0.05, 0.1) is 19.3 Å². The van der Waals surface area contributed by atoms with E-state index in [1.165, 1.54) is 25.3 Å². The fourth-order valence-electron chi connectivity index (χ4n) is 3.45. The van der Waals surface area contributed by atoms with Crippen molar-refractivity contribution >= 4 is 5.91 Å². The Bertz CT molecular complexity index is 762. The molecule has 1 aliphatic rings. The molecule has 0 radical (unpaired) electrons. The van der Waals surface area contributed by atoms with E-state index in [2.05, 4.69) is 9.55 Å². The van der Waals surface area contributed by atoms with E-state index in [1.54, 1.807) is 18.2 Å². The topological polar surface area (TPSA) is 56.6 Å². The Hall–Kier alpha value is -2.41. The zero-order valence-corrected chi connectivity index (χ0v) is 15.2. The van der Waals surface area contributed by atoms with Gasteiger partial charge in [-0.15, -0.1) is 0 Å². The Balaban J connectivity index is 1.78. The Labute approximate surface area is 152 Å². The van der Waals surface area contributed by atoms with Crippen molar-refractivity contribution in [3.05, 3.63) is 47.8 Å². The Morgan fingerprint density at radius 3 is 3.00 bits per heavy atom. The van der Waals surface area contributed by atoms with Crippen LogP contribution in [0.5, 0.6) is 5.75 Å². The van der Waals surface area contributed by atoms with Gasteiger partial charge in [-0.3, -0.25) is 4.79 Å². The molecular weight excluding hydrogens is 337 g/mol. The summed E-state index contributed by atoms with van der Waals surface area (Å²) in [7, 11) is 3.15.